The monoisotopic (exact) mass is 473 g/mol. The summed E-state index contributed by atoms with van der Waals surface area (Å²) in [7, 11) is 0. The zero-order chi connectivity index (χ0) is 20.4. The molecular weight excluding hydrogens is 450 g/mol. The highest BCUT2D eigenvalue weighted by Gasteiger charge is 2.26. The normalized spacial score (nSPS) is 14.9. The highest BCUT2D eigenvalue weighted by molar-refractivity contribution is 9.10. The van der Waals surface area contributed by atoms with Gasteiger partial charge < -0.3 is 10.2 Å². The van der Waals surface area contributed by atoms with Gasteiger partial charge in [-0.15, -0.1) is 10.2 Å². The number of aryl methyl sites for hydroxylation is 2. The number of nitrogens with one attached hydrogen (secondary N) is 1. The molecule has 0 unspecified atom stereocenters. The molecule has 0 bridgehead atoms. The van der Waals surface area contributed by atoms with Gasteiger partial charge in [0, 0.05) is 41.4 Å². The van der Waals surface area contributed by atoms with Gasteiger partial charge in [-0.2, -0.15) is 0 Å². The Labute approximate surface area is 183 Å². The molecule has 3 heterocycles. The third-order valence-electron chi connectivity index (χ3n) is 5.36. The lowest BCUT2D eigenvalue weighted by Crippen LogP contribution is -2.40. The van der Waals surface area contributed by atoms with Gasteiger partial charge in [0.25, 0.3) is 0 Å². The summed E-state index contributed by atoms with van der Waals surface area (Å²) in [6.45, 7) is 6.37. The number of rotatable bonds is 5. The summed E-state index contributed by atoms with van der Waals surface area (Å²) >= 11 is 5.07. The van der Waals surface area contributed by atoms with E-state index in [9.17, 15) is 4.79 Å². The van der Waals surface area contributed by atoms with Crippen LogP contribution in [-0.2, 0) is 11.3 Å². The number of hydrogen-bond donors (Lipinski definition) is 1. The summed E-state index contributed by atoms with van der Waals surface area (Å²) in [5.41, 5.74) is 3.42. The zero-order valence-electron chi connectivity index (χ0n) is 16.6. The molecule has 1 N–H and O–H groups in total. The topological polar surface area (TPSA) is 63.1 Å². The van der Waals surface area contributed by atoms with Crippen LogP contribution in [0.5, 0.6) is 0 Å². The van der Waals surface area contributed by atoms with Gasteiger partial charge in [-0.3, -0.25) is 9.36 Å². The Morgan fingerprint density at radius 2 is 1.83 bits per heavy atom. The van der Waals surface area contributed by atoms with E-state index >= 15 is 0 Å². The Balaban J connectivity index is 1.32. The number of halogens is 1. The first kappa shape index (κ1) is 20.1. The average molecular weight is 474 g/mol. The van der Waals surface area contributed by atoms with Crippen molar-refractivity contribution in [1.82, 2.24) is 20.1 Å². The van der Waals surface area contributed by atoms with Gasteiger partial charge in [-0.05, 0) is 56.5 Å². The minimum absolute atomic E-state index is 0.0553. The number of hydrogen-bond acceptors (Lipinski definition) is 5. The number of carbonyl (C=O) groups is 1. The van der Waals surface area contributed by atoms with Crippen molar-refractivity contribution in [2.75, 3.05) is 18.0 Å². The van der Waals surface area contributed by atoms with Gasteiger partial charge in [-0.25, -0.2) is 0 Å². The Hall–Kier alpha value is -2.19. The molecule has 29 heavy (non-hydrogen) atoms. The van der Waals surface area contributed by atoms with E-state index < -0.39 is 0 Å². The molecule has 0 aliphatic carbocycles. The van der Waals surface area contributed by atoms with E-state index in [1.165, 1.54) is 0 Å². The molecule has 1 fully saturated rings. The fourth-order valence-corrected chi connectivity index (χ4v) is 5.17. The molecule has 1 saturated heterocycles. The van der Waals surface area contributed by atoms with Crippen LogP contribution < -0.4 is 10.2 Å². The Kier molecular flexibility index (Phi) is 6.01. The largest absolute Gasteiger partial charge is 0.352 e. The first-order valence-electron chi connectivity index (χ1n) is 9.77. The van der Waals surface area contributed by atoms with Crippen LogP contribution in [0.1, 0.15) is 29.8 Å². The molecule has 0 radical (unpaired) electrons. The minimum atomic E-state index is 0.0553. The lowest BCUT2D eigenvalue weighted by Gasteiger charge is -2.30. The van der Waals surface area contributed by atoms with Crippen LogP contribution in [-0.4, -0.2) is 33.8 Å². The maximum absolute atomic E-state index is 12.6. The second kappa shape index (κ2) is 8.67. The van der Waals surface area contributed by atoms with Crippen LogP contribution in [0.2, 0.25) is 0 Å². The average Bonchev–Trinajstić information content (AvgIpc) is 3.32. The maximum Gasteiger partial charge on any atom is 0.223 e. The van der Waals surface area contributed by atoms with Crippen molar-refractivity contribution in [2.24, 2.45) is 5.92 Å². The number of anilines is 1. The van der Waals surface area contributed by atoms with Gasteiger partial charge in [0.15, 0.2) is 0 Å². The molecule has 4 rings (SSSR count). The number of benzene rings is 1. The summed E-state index contributed by atoms with van der Waals surface area (Å²) in [6, 6.07) is 12.2. The Bertz CT molecular complexity index is 987. The summed E-state index contributed by atoms with van der Waals surface area (Å²) in [5, 5.41) is 13.7. The first-order valence-corrected chi connectivity index (χ1v) is 11.4. The molecule has 2 aromatic heterocycles. The second-order valence-corrected chi connectivity index (χ2v) is 9.28. The molecule has 0 atom stereocenters. The summed E-state index contributed by atoms with van der Waals surface area (Å²) in [5.74, 6) is 0.195. The molecule has 8 heteroatoms. The number of piperidine rings is 1. The third kappa shape index (κ3) is 4.53. The van der Waals surface area contributed by atoms with Gasteiger partial charge in [0.05, 0.1) is 0 Å². The predicted octanol–water partition coefficient (Wildman–Crippen LogP) is 4.24. The standard InChI is InChI=1S/C21H24BrN5OS/c1-14-6-7-15(2)27(14)21-25-24-20(29-21)26-10-8-17(9-11-26)19(28)23-13-16-4-3-5-18(22)12-16/h3-7,12,17H,8-11,13H2,1-2H3,(H,23,28). The maximum atomic E-state index is 12.6. The molecule has 6 nitrogen and oxygen atoms in total. The smallest absolute Gasteiger partial charge is 0.223 e. The SMILES string of the molecule is Cc1ccc(C)n1-c1nnc(N2CCC(C(=O)NCc3cccc(Br)c3)CC2)s1. The highest BCUT2D eigenvalue weighted by Crippen LogP contribution is 2.29. The number of nitrogens with zero attached hydrogens (tertiary/aromatic N) is 4. The lowest BCUT2D eigenvalue weighted by atomic mass is 9.96. The van der Waals surface area contributed by atoms with Crippen molar-refractivity contribution in [3.63, 3.8) is 0 Å². The molecule has 152 valence electrons. The molecule has 0 saturated carbocycles. The van der Waals surface area contributed by atoms with E-state index in [1.54, 1.807) is 11.3 Å². The summed E-state index contributed by atoms with van der Waals surface area (Å²) < 4.78 is 3.16. The van der Waals surface area contributed by atoms with E-state index in [1.807, 2.05) is 24.3 Å². The van der Waals surface area contributed by atoms with Crippen molar-refractivity contribution in [3.8, 4) is 5.13 Å². The highest BCUT2D eigenvalue weighted by atomic mass is 79.9. The van der Waals surface area contributed by atoms with Gasteiger partial charge in [0.1, 0.15) is 0 Å². The molecular formula is C21H24BrN5OS. The van der Waals surface area contributed by atoms with Gasteiger partial charge in [0.2, 0.25) is 16.2 Å². The molecule has 1 aliphatic rings. The minimum Gasteiger partial charge on any atom is -0.352 e. The van der Waals surface area contributed by atoms with E-state index in [2.05, 4.69) is 66.9 Å². The van der Waals surface area contributed by atoms with Crippen molar-refractivity contribution >= 4 is 38.3 Å². The van der Waals surface area contributed by atoms with Crippen molar-refractivity contribution < 1.29 is 4.79 Å². The second-order valence-electron chi connectivity index (χ2n) is 7.43. The molecule has 1 aliphatic heterocycles. The predicted molar refractivity (Wildman–Crippen MR) is 120 cm³/mol. The number of carbonyl (C=O) groups excluding carboxylic acids is 1. The Morgan fingerprint density at radius 1 is 1.14 bits per heavy atom. The fourth-order valence-electron chi connectivity index (χ4n) is 3.71. The first-order chi connectivity index (χ1) is 14.0. The van der Waals surface area contributed by atoms with Crippen LogP contribution in [0.25, 0.3) is 5.13 Å². The van der Waals surface area contributed by atoms with Crippen LogP contribution >= 0.6 is 27.3 Å². The van der Waals surface area contributed by atoms with E-state index in [0.717, 1.165) is 57.6 Å². The summed E-state index contributed by atoms with van der Waals surface area (Å²) in [4.78, 5) is 14.8. The quantitative estimate of drug-likeness (QED) is 0.601. The van der Waals surface area contributed by atoms with E-state index in [4.69, 9.17) is 0 Å². The van der Waals surface area contributed by atoms with Crippen molar-refractivity contribution in [1.29, 1.82) is 0 Å². The van der Waals surface area contributed by atoms with Crippen LogP contribution in [0.3, 0.4) is 0 Å². The van der Waals surface area contributed by atoms with Crippen LogP contribution in [0.15, 0.2) is 40.9 Å². The van der Waals surface area contributed by atoms with Gasteiger partial charge >= 0.3 is 0 Å². The number of aromatic nitrogens is 3. The zero-order valence-corrected chi connectivity index (χ0v) is 19.0. The van der Waals surface area contributed by atoms with Gasteiger partial charge in [-0.1, -0.05) is 39.4 Å². The lowest BCUT2D eigenvalue weighted by molar-refractivity contribution is -0.125. The van der Waals surface area contributed by atoms with Crippen LogP contribution in [0.4, 0.5) is 5.13 Å². The molecule has 1 aromatic carbocycles. The van der Waals surface area contributed by atoms with Crippen LogP contribution in [0, 0.1) is 19.8 Å². The Morgan fingerprint density at radius 3 is 2.52 bits per heavy atom. The van der Waals surface area contributed by atoms with Crippen molar-refractivity contribution in [3.05, 3.63) is 57.8 Å². The summed E-state index contributed by atoms with van der Waals surface area (Å²) in [6.07, 6.45) is 1.67. The fraction of sp³-hybridized carbons (Fsp3) is 0.381. The van der Waals surface area contributed by atoms with E-state index in [0.29, 0.717) is 6.54 Å². The number of amides is 1. The molecule has 1 amide bonds. The molecule has 0 spiro atoms. The van der Waals surface area contributed by atoms with E-state index in [-0.39, 0.29) is 11.8 Å². The molecule has 3 aromatic rings. The van der Waals surface area contributed by atoms with Crippen molar-refractivity contribution in [2.45, 2.75) is 33.2 Å². The third-order valence-corrected chi connectivity index (χ3v) is 6.82.